The maximum atomic E-state index is 11.9. The second kappa shape index (κ2) is 6.16. The number of nitrogen functional groups attached to an aromatic ring is 1. The molecule has 0 unspecified atom stereocenters. The molecule has 0 heterocycles. The number of hydrogen-bond donors (Lipinski definition) is 2. The van der Waals surface area contributed by atoms with E-state index < -0.39 is 0 Å². The molecule has 0 saturated heterocycles. The van der Waals surface area contributed by atoms with E-state index in [1.54, 1.807) is 24.3 Å². The average molecular weight is 309 g/mol. The zero-order valence-electron chi connectivity index (χ0n) is 10.9. The fraction of sp³-hybridized carbons (Fsp3) is 0.133. The van der Waals surface area contributed by atoms with Crippen molar-refractivity contribution in [1.29, 1.82) is 0 Å². The second-order valence-corrected chi connectivity index (χ2v) is 5.36. The maximum Gasteiger partial charge on any atom is 0.228 e. The molecule has 2 rings (SSSR count). The summed E-state index contributed by atoms with van der Waals surface area (Å²) in [6.07, 6.45) is 0.227. The first kappa shape index (κ1) is 14.7. The molecule has 3 nitrogen and oxygen atoms in total. The van der Waals surface area contributed by atoms with Gasteiger partial charge in [0.1, 0.15) is 0 Å². The van der Waals surface area contributed by atoms with Crippen LogP contribution in [0.1, 0.15) is 11.1 Å². The van der Waals surface area contributed by atoms with E-state index in [0.717, 1.165) is 11.1 Å². The van der Waals surface area contributed by atoms with Crippen LogP contribution in [0.4, 0.5) is 11.4 Å². The Kier molecular flexibility index (Phi) is 4.53. The van der Waals surface area contributed by atoms with Gasteiger partial charge in [-0.1, -0.05) is 35.3 Å². The minimum absolute atomic E-state index is 0.133. The Hall–Kier alpha value is -1.71. The first-order valence-corrected chi connectivity index (χ1v) is 6.81. The lowest BCUT2D eigenvalue weighted by Gasteiger charge is -2.08. The monoisotopic (exact) mass is 308 g/mol. The number of hydrogen-bond acceptors (Lipinski definition) is 2. The molecule has 0 aliphatic heterocycles. The molecule has 0 spiro atoms. The normalized spacial score (nSPS) is 10.3. The number of nitrogens with one attached hydrogen (secondary N) is 1. The third-order valence-electron chi connectivity index (χ3n) is 2.91. The van der Waals surface area contributed by atoms with Crippen molar-refractivity contribution >= 4 is 40.5 Å². The molecule has 20 heavy (non-hydrogen) atoms. The molecule has 0 aromatic heterocycles. The van der Waals surface area contributed by atoms with Crippen LogP contribution in [0.3, 0.4) is 0 Å². The minimum atomic E-state index is -0.133. The van der Waals surface area contributed by atoms with Gasteiger partial charge in [-0.05, 0) is 42.3 Å². The predicted octanol–water partition coefficient (Wildman–Crippen LogP) is 4.07. The fourth-order valence-corrected chi connectivity index (χ4v) is 2.08. The van der Waals surface area contributed by atoms with E-state index in [1.165, 1.54) is 0 Å². The molecule has 0 saturated carbocycles. The Morgan fingerprint density at radius 1 is 1.15 bits per heavy atom. The molecule has 0 bridgehead atoms. The van der Waals surface area contributed by atoms with E-state index in [2.05, 4.69) is 5.32 Å². The molecule has 2 aromatic rings. The predicted molar refractivity (Wildman–Crippen MR) is 84.4 cm³/mol. The molecule has 0 radical (unpaired) electrons. The summed E-state index contributed by atoms with van der Waals surface area (Å²) in [5, 5.41) is 3.71. The van der Waals surface area contributed by atoms with Crippen LogP contribution in [-0.2, 0) is 11.2 Å². The number of rotatable bonds is 3. The van der Waals surface area contributed by atoms with E-state index >= 15 is 0 Å². The van der Waals surface area contributed by atoms with E-state index in [4.69, 9.17) is 28.9 Å². The van der Waals surface area contributed by atoms with Gasteiger partial charge in [-0.25, -0.2) is 0 Å². The highest BCUT2D eigenvalue weighted by Crippen LogP contribution is 2.23. The lowest BCUT2D eigenvalue weighted by atomic mass is 10.1. The van der Waals surface area contributed by atoms with Crippen LogP contribution in [0.2, 0.25) is 10.0 Å². The summed E-state index contributed by atoms with van der Waals surface area (Å²) < 4.78 is 0. The molecule has 3 N–H and O–H groups in total. The molecule has 0 aliphatic carbocycles. The summed E-state index contributed by atoms with van der Waals surface area (Å²) in [4.78, 5) is 11.9. The van der Waals surface area contributed by atoms with Gasteiger partial charge < -0.3 is 11.1 Å². The number of amides is 1. The van der Waals surface area contributed by atoms with Crippen molar-refractivity contribution in [2.75, 3.05) is 11.1 Å². The Labute approximate surface area is 127 Å². The molecule has 0 atom stereocenters. The zero-order chi connectivity index (χ0) is 14.7. The first-order valence-electron chi connectivity index (χ1n) is 6.05. The largest absolute Gasteiger partial charge is 0.398 e. The zero-order valence-corrected chi connectivity index (χ0v) is 12.4. The first-order chi connectivity index (χ1) is 9.45. The highest BCUT2D eigenvalue weighted by atomic mass is 35.5. The smallest absolute Gasteiger partial charge is 0.228 e. The van der Waals surface area contributed by atoms with Crippen molar-refractivity contribution in [3.8, 4) is 0 Å². The average Bonchev–Trinajstić information content (AvgIpc) is 2.38. The Bertz CT molecular complexity index is 601. The Morgan fingerprint density at radius 3 is 2.55 bits per heavy atom. The second-order valence-electron chi connectivity index (χ2n) is 4.54. The number of anilines is 2. The van der Waals surface area contributed by atoms with Gasteiger partial charge in [-0.15, -0.1) is 0 Å². The van der Waals surface area contributed by atoms with Crippen molar-refractivity contribution in [3.05, 3.63) is 57.6 Å². The van der Waals surface area contributed by atoms with Gasteiger partial charge in [0, 0.05) is 11.4 Å². The molecule has 2 aromatic carbocycles. The van der Waals surface area contributed by atoms with Crippen LogP contribution in [0, 0.1) is 6.92 Å². The third kappa shape index (κ3) is 3.65. The van der Waals surface area contributed by atoms with E-state index in [1.807, 2.05) is 19.1 Å². The minimum Gasteiger partial charge on any atom is -0.398 e. The van der Waals surface area contributed by atoms with E-state index in [0.29, 0.717) is 21.4 Å². The van der Waals surface area contributed by atoms with Crippen LogP contribution < -0.4 is 11.1 Å². The van der Waals surface area contributed by atoms with Crippen LogP contribution in [0.5, 0.6) is 0 Å². The van der Waals surface area contributed by atoms with Crippen molar-refractivity contribution in [1.82, 2.24) is 0 Å². The molecular formula is C15H14Cl2N2O. The van der Waals surface area contributed by atoms with Gasteiger partial charge in [0.05, 0.1) is 16.5 Å². The topological polar surface area (TPSA) is 55.1 Å². The van der Waals surface area contributed by atoms with E-state index in [-0.39, 0.29) is 12.3 Å². The van der Waals surface area contributed by atoms with Crippen molar-refractivity contribution < 1.29 is 4.79 Å². The molecule has 0 fully saturated rings. The lowest BCUT2D eigenvalue weighted by Crippen LogP contribution is -2.14. The summed E-state index contributed by atoms with van der Waals surface area (Å²) in [5.41, 5.74) is 8.91. The lowest BCUT2D eigenvalue weighted by molar-refractivity contribution is -0.115. The number of carbonyl (C=O) groups excluding carboxylic acids is 1. The maximum absolute atomic E-state index is 11.9. The molecule has 104 valence electrons. The number of carbonyl (C=O) groups is 1. The van der Waals surface area contributed by atoms with Crippen LogP contribution >= 0.6 is 23.2 Å². The van der Waals surface area contributed by atoms with Crippen LogP contribution in [-0.4, -0.2) is 5.91 Å². The van der Waals surface area contributed by atoms with Gasteiger partial charge >= 0.3 is 0 Å². The number of aryl methyl sites for hydroxylation is 1. The van der Waals surface area contributed by atoms with Gasteiger partial charge in [0.25, 0.3) is 0 Å². The van der Waals surface area contributed by atoms with Crippen molar-refractivity contribution in [3.63, 3.8) is 0 Å². The standard InChI is InChI=1S/C15H14Cl2N2O/c1-9-2-4-11(8-14(9)18)19-15(20)7-10-3-5-12(16)13(17)6-10/h2-6,8H,7,18H2,1H3,(H,19,20). The Morgan fingerprint density at radius 2 is 1.90 bits per heavy atom. The highest BCUT2D eigenvalue weighted by molar-refractivity contribution is 6.42. The summed E-state index contributed by atoms with van der Waals surface area (Å²) >= 11 is 11.7. The van der Waals surface area contributed by atoms with Crippen LogP contribution in [0.25, 0.3) is 0 Å². The molecule has 0 aliphatic rings. The fourth-order valence-electron chi connectivity index (χ4n) is 1.76. The summed E-state index contributed by atoms with van der Waals surface area (Å²) in [7, 11) is 0. The summed E-state index contributed by atoms with van der Waals surface area (Å²) in [5.74, 6) is -0.133. The number of nitrogens with two attached hydrogens (primary N) is 1. The van der Waals surface area contributed by atoms with Gasteiger partial charge in [-0.3, -0.25) is 4.79 Å². The van der Waals surface area contributed by atoms with Crippen molar-refractivity contribution in [2.45, 2.75) is 13.3 Å². The van der Waals surface area contributed by atoms with Gasteiger partial charge in [-0.2, -0.15) is 0 Å². The summed E-state index contributed by atoms with van der Waals surface area (Å²) in [6.45, 7) is 1.91. The molecular weight excluding hydrogens is 295 g/mol. The molecule has 1 amide bonds. The number of halogens is 2. The highest BCUT2D eigenvalue weighted by Gasteiger charge is 2.07. The van der Waals surface area contributed by atoms with Crippen LogP contribution in [0.15, 0.2) is 36.4 Å². The van der Waals surface area contributed by atoms with Gasteiger partial charge in [0.2, 0.25) is 5.91 Å². The third-order valence-corrected chi connectivity index (χ3v) is 3.65. The van der Waals surface area contributed by atoms with Gasteiger partial charge in [0.15, 0.2) is 0 Å². The van der Waals surface area contributed by atoms with E-state index in [9.17, 15) is 4.79 Å². The summed E-state index contributed by atoms with van der Waals surface area (Å²) in [6, 6.07) is 10.6. The Balaban J connectivity index is 2.04. The SMILES string of the molecule is Cc1ccc(NC(=O)Cc2ccc(Cl)c(Cl)c2)cc1N. The quantitative estimate of drug-likeness (QED) is 0.840. The van der Waals surface area contributed by atoms with Crippen molar-refractivity contribution in [2.24, 2.45) is 0 Å². The number of benzene rings is 2. The molecule has 5 heteroatoms.